The van der Waals surface area contributed by atoms with Gasteiger partial charge in [-0.15, -0.1) is 0 Å². The van der Waals surface area contributed by atoms with Gasteiger partial charge in [0.25, 0.3) is 0 Å². The molecule has 0 atom stereocenters. The van der Waals surface area contributed by atoms with Gasteiger partial charge in [-0.2, -0.15) is 0 Å². The first kappa shape index (κ1) is 10.4. The van der Waals surface area contributed by atoms with E-state index in [0.717, 1.165) is 0 Å². The third kappa shape index (κ3) is 10.7. The second-order valence-electron chi connectivity index (χ2n) is 0.805. The van der Waals surface area contributed by atoms with Crippen molar-refractivity contribution in [2.24, 2.45) is 0 Å². The first-order chi connectivity index (χ1) is 2.77. The van der Waals surface area contributed by atoms with Crippen LogP contribution >= 0.6 is 0 Å². The van der Waals surface area contributed by atoms with E-state index in [0.29, 0.717) is 6.61 Å². The van der Waals surface area contributed by atoms with Crippen molar-refractivity contribution in [3.05, 3.63) is 6.92 Å². The number of hydrogen-bond acceptors (Lipinski definition) is 2. The second-order valence-corrected chi connectivity index (χ2v) is 0.805. The van der Waals surface area contributed by atoms with Crippen LogP contribution in [0.4, 0.5) is 0 Å². The minimum absolute atomic E-state index is 0. The summed E-state index contributed by atoms with van der Waals surface area (Å²) in [5.74, 6) is -0.461. The van der Waals surface area contributed by atoms with Gasteiger partial charge < -0.3 is 4.74 Å². The molecule has 0 aliphatic carbocycles. The molecule has 0 aliphatic heterocycles. The Labute approximate surface area is 63.4 Å². The van der Waals surface area contributed by atoms with E-state index < -0.39 is 5.97 Å². The third-order valence-electron chi connectivity index (χ3n) is 0.305. The molecule has 2 nitrogen and oxygen atoms in total. The fourth-order valence-corrected chi connectivity index (χ4v) is 0.161. The van der Waals surface area contributed by atoms with Gasteiger partial charge in [0, 0.05) is 0 Å². The zero-order valence-corrected chi connectivity index (χ0v) is 9.94. The first-order valence-electron chi connectivity index (χ1n) is 1.76. The topological polar surface area (TPSA) is 26.3 Å². The van der Waals surface area contributed by atoms with E-state index in [1.54, 1.807) is 6.92 Å². The first-order valence-corrected chi connectivity index (χ1v) is 1.76. The van der Waals surface area contributed by atoms with Gasteiger partial charge in [0.2, 0.25) is 0 Å². The van der Waals surface area contributed by atoms with Crippen molar-refractivity contribution in [2.75, 3.05) is 6.61 Å². The molecule has 0 aromatic heterocycles. The Morgan fingerprint density at radius 3 is 2.29 bits per heavy atom. The molecular formula is C4H9O2Pb. The van der Waals surface area contributed by atoms with Gasteiger partial charge >= 0.3 is 33.3 Å². The molecule has 3 radical (unpaired) electrons. The molecule has 7 heavy (non-hydrogen) atoms. The number of hydrogen-bond donors (Lipinski definition) is 0. The maximum atomic E-state index is 9.71. The summed E-state index contributed by atoms with van der Waals surface area (Å²) in [4.78, 5) is 9.71. The summed E-state index contributed by atoms with van der Waals surface area (Å²) in [7, 11) is 0. The Morgan fingerprint density at radius 1 is 1.86 bits per heavy atom. The molecule has 0 amide bonds. The molecule has 0 fully saturated rings. The molecule has 0 bridgehead atoms. The Hall–Kier alpha value is 0.392. The zero-order chi connectivity index (χ0) is 4.99. The van der Waals surface area contributed by atoms with Gasteiger partial charge in [0.15, 0.2) is 0 Å². The number of ether oxygens (including phenoxy) is 1. The normalized spacial score (nSPS) is 6.57. The summed E-state index contributed by atoms with van der Waals surface area (Å²) in [5, 5.41) is 0. The van der Waals surface area contributed by atoms with E-state index in [1.165, 1.54) is 0 Å². The van der Waals surface area contributed by atoms with E-state index in [9.17, 15) is 4.79 Å². The summed E-state index contributed by atoms with van der Waals surface area (Å²) >= 11 is 0. The fraction of sp³-hybridized carbons (Fsp3) is 0.500. The summed E-state index contributed by atoms with van der Waals surface area (Å²) in [6.45, 7) is 5.13. The molecule has 0 aromatic carbocycles. The number of carbonyl (C=O) groups excluding carboxylic acids is 1. The molecule has 0 N–H and O–H groups in total. The number of carbonyl (C=O) groups is 1. The standard InChI is InChI=1S/C4H7O2.Pb.2H/c1-3-6-4(2)5;;;/h2-3H2,1H3;;;. The van der Waals surface area contributed by atoms with Gasteiger partial charge in [-0.05, 0) is 6.92 Å². The average molecular weight is 296 g/mol. The molecule has 0 aromatic rings. The van der Waals surface area contributed by atoms with E-state index >= 15 is 0 Å². The third-order valence-corrected chi connectivity index (χ3v) is 0.305. The van der Waals surface area contributed by atoms with Crippen LogP contribution in [0.5, 0.6) is 0 Å². The van der Waals surface area contributed by atoms with Crippen molar-refractivity contribution in [2.45, 2.75) is 6.92 Å². The van der Waals surface area contributed by atoms with Gasteiger partial charge in [0.05, 0.1) is 13.5 Å². The van der Waals surface area contributed by atoms with Crippen molar-refractivity contribution in [3.63, 3.8) is 0 Å². The quantitative estimate of drug-likeness (QED) is 0.480. The molecular weight excluding hydrogens is 287 g/mol. The Balaban J connectivity index is 0. The van der Waals surface area contributed by atoms with Crippen LogP contribution in [0.3, 0.4) is 0 Å². The van der Waals surface area contributed by atoms with Crippen LogP contribution < -0.4 is 0 Å². The molecule has 0 spiro atoms. The molecule has 0 unspecified atom stereocenters. The molecule has 0 rings (SSSR count). The van der Waals surface area contributed by atoms with Crippen molar-refractivity contribution >= 4 is 33.3 Å². The van der Waals surface area contributed by atoms with E-state index in [2.05, 4.69) is 11.7 Å². The van der Waals surface area contributed by atoms with Gasteiger partial charge in [0.1, 0.15) is 0 Å². The summed E-state index contributed by atoms with van der Waals surface area (Å²) in [5.41, 5.74) is 0. The Kier molecular flexibility index (Phi) is 9.49. The zero-order valence-electron chi connectivity index (χ0n) is 4.44. The van der Waals surface area contributed by atoms with Crippen LogP contribution in [0.1, 0.15) is 6.92 Å². The molecule has 0 aliphatic rings. The van der Waals surface area contributed by atoms with Gasteiger partial charge in [-0.3, -0.25) is 4.79 Å². The van der Waals surface area contributed by atoms with Crippen LogP contribution in [0.25, 0.3) is 0 Å². The van der Waals surface area contributed by atoms with Crippen LogP contribution in [0, 0.1) is 6.92 Å². The summed E-state index contributed by atoms with van der Waals surface area (Å²) in [6, 6.07) is 0. The number of esters is 1. The van der Waals surface area contributed by atoms with Crippen LogP contribution in [-0.4, -0.2) is 39.9 Å². The van der Waals surface area contributed by atoms with Crippen molar-refractivity contribution < 1.29 is 9.53 Å². The van der Waals surface area contributed by atoms with Crippen LogP contribution in [0.2, 0.25) is 0 Å². The summed E-state index contributed by atoms with van der Waals surface area (Å²) in [6.07, 6.45) is 0. The predicted octanol–water partition coefficient (Wildman–Crippen LogP) is -0.533. The van der Waals surface area contributed by atoms with Crippen LogP contribution in [0.15, 0.2) is 0 Å². The molecule has 41 valence electrons. The number of rotatable bonds is 1. The summed E-state index contributed by atoms with van der Waals surface area (Å²) < 4.78 is 4.29. The van der Waals surface area contributed by atoms with E-state index in [-0.39, 0.29) is 27.3 Å². The second kappa shape index (κ2) is 6.39. The molecule has 3 heteroatoms. The van der Waals surface area contributed by atoms with Crippen molar-refractivity contribution in [1.82, 2.24) is 0 Å². The maximum absolute atomic E-state index is 9.71. The van der Waals surface area contributed by atoms with E-state index in [4.69, 9.17) is 0 Å². The Bertz CT molecular complexity index is 53.7. The minimum atomic E-state index is -0.461. The molecule has 0 saturated heterocycles. The Morgan fingerprint density at radius 2 is 2.29 bits per heavy atom. The molecule has 0 saturated carbocycles. The van der Waals surface area contributed by atoms with Gasteiger partial charge in [-0.25, -0.2) is 0 Å². The monoisotopic (exact) mass is 297 g/mol. The van der Waals surface area contributed by atoms with Crippen LogP contribution in [-0.2, 0) is 9.53 Å². The molecule has 0 heterocycles. The van der Waals surface area contributed by atoms with Crippen molar-refractivity contribution in [3.8, 4) is 0 Å². The SMILES string of the molecule is [CH2]C(=O)OCC.[PbH2]. The van der Waals surface area contributed by atoms with E-state index in [1.807, 2.05) is 0 Å². The average Bonchev–Trinajstić information content (AvgIpc) is 1.35. The van der Waals surface area contributed by atoms with Gasteiger partial charge in [-0.1, -0.05) is 0 Å². The van der Waals surface area contributed by atoms with Crippen molar-refractivity contribution in [1.29, 1.82) is 0 Å². The predicted molar refractivity (Wildman–Crippen MR) is 30.5 cm³/mol. The fourth-order valence-electron chi connectivity index (χ4n) is 0.161.